The molecular formula is C8H12O8. The standard InChI is InChI=1S/C8H12O8/c1-2-15-6(11)4-8(16-14,7(12)13)3-5(9)10/h14H,2-4H2,1H3,(H,9,10)(H,12,13). The normalized spacial score (nSPS) is 13.9. The van der Waals surface area contributed by atoms with Crippen LogP contribution in [0.15, 0.2) is 0 Å². The van der Waals surface area contributed by atoms with Crippen LogP contribution in [-0.4, -0.2) is 45.6 Å². The molecule has 0 aromatic heterocycles. The topological polar surface area (TPSA) is 130 Å². The molecule has 0 aliphatic heterocycles. The second-order valence-corrected chi connectivity index (χ2v) is 2.94. The fourth-order valence-electron chi connectivity index (χ4n) is 1.01. The van der Waals surface area contributed by atoms with E-state index in [1.807, 2.05) is 0 Å². The molecule has 0 amide bonds. The summed E-state index contributed by atoms with van der Waals surface area (Å²) < 4.78 is 4.44. The summed E-state index contributed by atoms with van der Waals surface area (Å²) in [6, 6.07) is 0. The maximum absolute atomic E-state index is 11.0. The summed E-state index contributed by atoms with van der Waals surface area (Å²) in [5.41, 5.74) is -2.52. The Morgan fingerprint density at radius 2 is 1.75 bits per heavy atom. The Morgan fingerprint density at radius 1 is 1.19 bits per heavy atom. The summed E-state index contributed by atoms with van der Waals surface area (Å²) in [4.78, 5) is 35.9. The van der Waals surface area contributed by atoms with Gasteiger partial charge in [0.15, 0.2) is 0 Å². The van der Waals surface area contributed by atoms with Gasteiger partial charge in [-0.15, -0.1) is 0 Å². The highest BCUT2D eigenvalue weighted by atomic mass is 17.1. The van der Waals surface area contributed by atoms with Gasteiger partial charge in [0.2, 0.25) is 5.60 Å². The zero-order valence-electron chi connectivity index (χ0n) is 8.50. The molecule has 8 heteroatoms. The van der Waals surface area contributed by atoms with Gasteiger partial charge in [-0.25, -0.2) is 9.68 Å². The highest BCUT2D eigenvalue weighted by Gasteiger charge is 2.45. The molecule has 0 aliphatic rings. The van der Waals surface area contributed by atoms with Crippen LogP contribution in [-0.2, 0) is 24.0 Å². The molecule has 3 N–H and O–H groups in total. The summed E-state index contributed by atoms with van der Waals surface area (Å²) in [6.07, 6.45) is -1.95. The van der Waals surface area contributed by atoms with Crippen LogP contribution in [0.3, 0.4) is 0 Å². The highest BCUT2D eigenvalue weighted by Crippen LogP contribution is 2.21. The lowest BCUT2D eigenvalue weighted by Crippen LogP contribution is -2.45. The van der Waals surface area contributed by atoms with Gasteiger partial charge in [0.05, 0.1) is 19.4 Å². The molecule has 1 unspecified atom stereocenters. The number of hydrogen-bond donors (Lipinski definition) is 3. The molecule has 92 valence electrons. The summed E-state index contributed by atoms with van der Waals surface area (Å²) >= 11 is 0. The van der Waals surface area contributed by atoms with E-state index >= 15 is 0 Å². The average Bonchev–Trinajstić information content (AvgIpc) is 2.15. The summed E-state index contributed by atoms with van der Waals surface area (Å²) in [7, 11) is 0. The SMILES string of the molecule is CCOC(=O)CC(CC(=O)O)(OO)C(=O)O. The van der Waals surface area contributed by atoms with Crippen molar-refractivity contribution in [2.24, 2.45) is 0 Å². The van der Waals surface area contributed by atoms with E-state index < -0.39 is 36.4 Å². The Balaban J connectivity index is 4.83. The molecule has 0 heterocycles. The molecule has 16 heavy (non-hydrogen) atoms. The molecule has 0 aromatic carbocycles. The van der Waals surface area contributed by atoms with Gasteiger partial charge < -0.3 is 14.9 Å². The zero-order valence-corrected chi connectivity index (χ0v) is 8.50. The third-order valence-electron chi connectivity index (χ3n) is 1.74. The average molecular weight is 236 g/mol. The molecular weight excluding hydrogens is 224 g/mol. The second kappa shape index (κ2) is 6.03. The first-order chi connectivity index (χ1) is 7.38. The van der Waals surface area contributed by atoms with Gasteiger partial charge in [-0.2, -0.15) is 0 Å². The van der Waals surface area contributed by atoms with Crippen LogP contribution in [0.4, 0.5) is 0 Å². The lowest BCUT2D eigenvalue weighted by molar-refractivity contribution is -0.318. The Labute approximate surface area is 90.3 Å². The van der Waals surface area contributed by atoms with Crippen molar-refractivity contribution in [2.75, 3.05) is 6.61 Å². The fourth-order valence-corrected chi connectivity index (χ4v) is 1.01. The lowest BCUT2D eigenvalue weighted by atomic mass is 9.96. The zero-order chi connectivity index (χ0) is 12.8. The van der Waals surface area contributed by atoms with Crippen molar-refractivity contribution >= 4 is 17.9 Å². The molecule has 0 aliphatic carbocycles. The van der Waals surface area contributed by atoms with E-state index in [9.17, 15) is 14.4 Å². The predicted molar refractivity (Wildman–Crippen MR) is 47.6 cm³/mol. The molecule has 0 radical (unpaired) electrons. The highest BCUT2D eigenvalue weighted by molar-refractivity contribution is 5.88. The Bertz CT molecular complexity index is 286. The lowest BCUT2D eigenvalue weighted by Gasteiger charge is -2.22. The van der Waals surface area contributed by atoms with E-state index in [-0.39, 0.29) is 6.61 Å². The van der Waals surface area contributed by atoms with E-state index in [4.69, 9.17) is 15.5 Å². The number of carbonyl (C=O) groups excluding carboxylic acids is 1. The Morgan fingerprint density at radius 3 is 2.06 bits per heavy atom. The van der Waals surface area contributed by atoms with Crippen LogP contribution in [0.25, 0.3) is 0 Å². The number of aliphatic carboxylic acids is 2. The number of carboxylic acids is 2. The number of carboxylic acid groups (broad SMARTS) is 2. The van der Waals surface area contributed by atoms with Crippen LogP contribution in [0.5, 0.6) is 0 Å². The molecule has 0 saturated carbocycles. The maximum Gasteiger partial charge on any atom is 0.340 e. The largest absolute Gasteiger partial charge is 0.481 e. The van der Waals surface area contributed by atoms with Crippen molar-refractivity contribution in [3.8, 4) is 0 Å². The number of carbonyl (C=O) groups is 3. The minimum Gasteiger partial charge on any atom is -0.481 e. The Hall–Kier alpha value is -1.67. The molecule has 0 bridgehead atoms. The van der Waals surface area contributed by atoms with E-state index in [0.717, 1.165) is 0 Å². The van der Waals surface area contributed by atoms with Crippen LogP contribution >= 0.6 is 0 Å². The first-order valence-electron chi connectivity index (χ1n) is 4.31. The van der Waals surface area contributed by atoms with Crippen molar-refractivity contribution in [2.45, 2.75) is 25.4 Å². The first-order valence-corrected chi connectivity index (χ1v) is 4.31. The van der Waals surface area contributed by atoms with Gasteiger partial charge in [0.25, 0.3) is 0 Å². The molecule has 0 aromatic rings. The van der Waals surface area contributed by atoms with Gasteiger partial charge >= 0.3 is 17.9 Å². The van der Waals surface area contributed by atoms with Crippen molar-refractivity contribution in [3.05, 3.63) is 0 Å². The summed E-state index contributed by atoms with van der Waals surface area (Å²) in [5.74, 6) is -4.26. The smallest absolute Gasteiger partial charge is 0.340 e. The second-order valence-electron chi connectivity index (χ2n) is 2.94. The predicted octanol–water partition coefficient (Wildman–Crippen LogP) is -0.273. The van der Waals surface area contributed by atoms with E-state index in [2.05, 4.69) is 9.62 Å². The third kappa shape index (κ3) is 3.83. The molecule has 1 atom stereocenters. The number of ether oxygens (including phenoxy) is 1. The van der Waals surface area contributed by atoms with Crippen molar-refractivity contribution in [3.63, 3.8) is 0 Å². The molecule has 8 nitrogen and oxygen atoms in total. The number of rotatable bonds is 7. The Kier molecular flexibility index (Phi) is 5.40. The van der Waals surface area contributed by atoms with Crippen LogP contribution in [0.1, 0.15) is 19.8 Å². The minimum absolute atomic E-state index is 0.00698. The van der Waals surface area contributed by atoms with Crippen LogP contribution in [0, 0.1) is 0 Å². The quantitative estimate of drug-likeness (QED) is 0.312. The first kappa shape index (κ1) is 14.3. The van der Waals surface area contributed by atoms with E-state index in [1.54, 1.807) is 0 Å². The van der Waals surface area contributed by atoms with Crippen LogP contribution < -0.4 is 0 Å². The molecule has 0 fully saturated rings. The molecule has 0 rings (SSSR count). The number of esters is 1. The summed E-state index contributed by atoms with van der Waals surface area (Å²) in [6.45, 7) is 1.50. The minimum atomic E-state index is -2.52. The van der Waals surface area contributed by atoms with Gasteiger partial charge in [-0.05, 0) is 6.92 Å². The van der Waals surface area contributed by atoms with E-state index in [0.29, 0.717) is 0 Å². The van der Waals surface area contributed by atoms with Crippen molar-refractivity contribution in [1.29, 1.82) is 0 Å². The monoisotopic (exact) mass is 236 g/mol. The van der Waals surface area contributed by atoms with Crippen molar-refractivity contribution in [1.82, 2.24) is 0 Å². The maximum atomic E-state index is 11.0. The summed E-state index contributed by atoms with van der Waals surface area (Å²) in [5, 5.41) is 25.7. The number of hydrogen-bond acceptors (Lipinski definition) is 6. The van der Waals surface area contributed by atoms with Crippen LogP contribution in [0.2, 0.25) is 0 Å². The molecule has 0 spiro atoms. The van der Waals surface area contributed by atoms with Gasteiger partial charge in [-0.1, -0.05) is 0 Å². The van der Waals surface area contributed by atoms with Gasteiger partial charge in [0, 0.05) is 0 Å². The van der Waals surface area contributed by atoms with E-state index in [1.165, 1.54) is 6.92 Å². The molecule has 0 saturated heterocycles. The van der Waals surface area contributed by atoms with Gasteiger partial charge in [-0.3, -0.25) is 14.8 Å². The van der Waals surface area contributed by atoms with Gasteiger partial charge in [0.1, 0.15) is 0 Å². The van der Waals surface area contributed by atoms with Crippen molar-refractivity contribution < 1.29 is 39.5 Å². The third-order valence-corrected chi connectivity index (χ3v) is 1.74. The fraction of sp³-hybridized carbons (Fsp3) is 0.625.